The van der Waals surface area contributed by atoms with Gasteiger partial charge in [0, 0.05) is 19.5 Å². The van der Waals surface area contributed by atoms with Crippen molar-refractivity contribution in [3.63, 3.8) is 0 Å². The van der Waals surface area contributed by atoms with Gasteiger partial charge in [0.2, 0.25) is 0 Å². The Kier molecular flexibility index (Phi) is 13.1. The number of aryl methyl sites for hydroxylation is 1. The highest BCUT2D eigenvalue weighted by molar-refractivity contribution is 5.89. The Balaban J connectivity index is 1.54. The standard InChI is InChI=1S/C33H41NO5/c1-37-32(35)17-8-10-23-34(26-28-18-20-30(21-19-28)33(36)38-2)24-22-29-15-6-7-16-31(29)39-25-11-9-14-27-12-4-3-5-13-27/h3-7,12-13,15-16,18-21H,8-11,14,17,22-26H2,1-2H3. The number of hydrogen-bond acceptors (Lipinski definition) is 6. The van der Waals surface area contributed by atoms with Gasteiger partial charge in [0.25, 0.3) is 0 Å². The molecule has 39 heavy (non-hydrogen) atoms. The van der Waals surface area contributed by atoms with Gasteiger partial charge >= 0.3 is 11.9 Å². The third-order valence-corrected chi connectivity index (χ3v) is 6.74. The van der Waals surface area contributed by atoms with Crippen molar-refractivity contribution in [3.8, 4) is 5.75 Å². The summed E-state index contributed by atoms with van der Waals surface area (Å²) in [4.78, 5) is 25.7. The Morgan fingerprint density at radius 1 is 0.692 bits per heavy atom. The van der Waals surface area contributed by atoms with E-state index in [1.54, 1.807) is 12.1 Å². The van der Waals surface area contributed by atoms with Gasteiger partial charge in [0.15, 0.2) is 0 Å². The first-order chi connectivity index (χ1) is 19.1. The zero-order chi connectivity index (χ0) is 27.7. The minimum Gasteiger partial charge on any atom is -0.493 e. The molecule has 0 aromatic heterocycles. The van der Waals surface area contributed by atoms with Crippen LogP contribution in [0.25, 0.3) is 0 Å². The molecule has 0 saturated heterocycles. The Morgan fingerprint density at radius 3 is 2.18 bits per heavy atom. The molecule has 208 valence electrons. The molecule has 0 heterocycles. The first-order valence-electron chi connectivity index (χ1n) is 13.8. The van der Waals surface area contributed by atoms with Crippen molar-refractivity contribution >= 4 is 11.9 Å². The van der Waals surface area contributed by atoms with Crippen LogP contribution in [0.5, 0.6) is 5.75 Å². The van der Waals surface area contributed by atoms with Crippen molar-refractivity contribution in [1.29, 1.82) is 0 Å². The highest BCUT2D eigenvalue weighted by Crippen LogP contribution is 2.20. The summed E-state index contributed by atoms with van der Waals surface area (Å²) in [6.07, 6.45) is 6.15. The molecule has 0 bridgehead atoms. The molecule has 0 spiro atoms. The predicted octanol–water partition coefficient (Wildman–Crippen LogP) is 6.26. The van der Waals surface area contributed by atoms with Gasteiger partial charge in [0.05, 0.1) is 26.4 Å². The largest absolute Gasteiger partial charge is 0.493 e. The van der Waals surface area contributed by atoms with Crippen LogP contribution in [0, 0.1) is 0 Å². The van der Waals surface area contributed by atoms with Crippen LogP contribution in [0.15, 0.2) is 78.9 Å². The zero-order valence-corrected chi connectivity index (χ0v) is 23.3. The van der Waals surface area contributed by atoms with Crippen LogP contribution in [0.3, 0.4) is 0 Å². The molecule has 6 nitrogen and oxygen atoms in total. The maximum atomic E-state index is 11.8. The predicted molar refractivity (Wildman–Crippen MR) is 154 cm³/mol. The molecule has 0 aliphatic heterocycles. The van der Waals surface area contributed by atoms with Crippen molar-refractivity contribution < 1.29 is 23.8 Å². The van der Waals surface area contributed by atoms with Gasteiger partial charge in [-0.25, -0.2) is 4.79 Å². The second-order valence-electron chi connectivity index (χ2n) is 9.65. The van der Waals surface area contributed by atoms with E-state index >= 15 is 0 Å². The van der Waals surface area contributed by atoms with Gasteiger partial charge in [-0.15, -0.1) is 0 Å². The average Bonchev–Trinajstić information content (AvgIpc) is 2.98. The van der Waals surface area contributed by atoms with Crippen molar-refractivity contribution in [2.45, 2.75) is 51.5 Å². The SMILES string of the molecule is COC(=O)CCCCN(CCc1ccccc1OCCCCc1ccccc1)Cc1ccc(C(=O)OC)cc1. The monoisotopic (exact) mass is 531 g/mol. The van der Waals surface area contributed by atoms with Crippen molar-refractivity contribution in [2.24, 2.45) is 0 Å². The summed E-state index contributed by atoms with van der Waals surface area (Å²) in [6.45, 7) is 3.17. The molecule has 3 aromatic carbocycles. The van der Waals surface area contributed by atoms with Gasteiger partial charge in [-0.2, -0.15) is 0 Å². The topological polar surface area (TPSA) is 65.1 Å². The molecule has 0 aliphatic carbocycles. The molecule has 0 saturated carbocycles. The third kappa shape index (κ3) is 10.9. The van der Waals surface area contributed by atoms with Crippen LogP contribution in [-0.2, 0) is 33.7 Å². The smallest absolute Gasteiger partial charge is 0.337 e. The van der Waals surface area contributed by atoms with E-state index in [2.05, 4.69) is 47.4 Å². The third-order valence-electron chi connectivity index (χ3n) is 6.74. The maximum absolute atomic E-state index is 11.8. The van der Waals surface area contributed by atoms with Crippen molar-refractivity contribution in [3.05, 3.63) is 101 Å². The minimum absolute atomic E-state index is 0.171. The fraction of sp³-hybridized carbons (Fsp3) is 0.394. The summed E-state index contributed by atoms with van der Waals surface area (Å²) in [5, 5.41) is 0. The number of benzene rings is 3. The molecule has 0 unspecified atom stereocenters. The number of nitrogens with zero attached hydrogens (tertiary/aromatic N) is 1. The van der Waals surface area contributed by atoms with E-state index in [1.807, 2.05) is 24.3 Å². The zero-order valence-electron chi connectivity index (χ0n) is 23.3. The molecule has 0 atom stereocenters. The lowest BCUT2D eigenvalue weighted by Gasteiger charge is -2.23. The van der Waals surface area contributed by atoms with E-state index in [9.17, 15) is 9.59 Å². The van der Waals surface area contributed by atoms with Crippen LogP contribution >= 0.6 is 0 Å². The molecule has 0 aliphatic rings. The molecular weight excluding hydrogens is 490 g/mol. The first-order valence-corrected chi connectivity index (χ1v) is 13.8. The van der Waals surface area contributed by atoms with Crippen LogP contribution in [0.2, 0.25) is 0 Å². The number of carbonyl (C=O) groups is 2. The maximum Gasteiger partial charge on any atom is 0.337 e. The van der Waals surface area contributed by atoms with E-state index in [4.69, 9.17) is 14.2 Å². The molecule has 6 heteroatoms. The lowest BCUT2D eigenvalue weighted by molar-refractivity contribution is -0.140. The number of hydrogen-bond donors (Lipinski definition) is 0. The summed E-state index contributed by atoms with van der Waals surface area (Å²) in [5.74, 6) is 0.443. The van der Waals surface area contributed by atoms with E-state index in [1.165, 1.54) is 25.3 Å². The second-order valence-corrected chi connectivity index (χ2v) is 9.65. The van der Waals surface area contributed by atoms with Crippen LogP contribution < -0.4 is 4.74 Å². The van der Waals surface area contributed by atoms with Gasteiger partial charge in [-0.05, 0) is 80.0 Å². The van der Waals surface area contributed by atoms with Gasteiger partial charge < -0.3 is 14.2 Å². The highest BCUT2D eigenvalue weighted by Gasteiger charge is 2.11. The lowest BCUT2D eigenvalue weighted by Crippen LogP contribution is -2.27. The van der Waals surface area contributed by atoms with Crippen LogP contribution in [0.4, 0.5) is 0 Å². The Bertz CT molecular complexity index is 1130. The number of methoxy groups -OCH3 is 2. The molecule has 0 fully saturated rings. The van der Waals surface area contributed by atoms with E-state index in [-0.39, 0.29) is 11.9 Å². The van der Waals surface area contributed by atoms with Gasteiger partial charge in [0.1, 0.15) is 5.75 Å². The fourth-order valence-electron chi connectivity index (χ4n) is 4.49. The summed E-state index contributed by atoms with van der Waals surface area (Å²) in [6, 6.07) is 26.4. The molecular formula is C33H41NO5. The number of unbranched alkanes of at least 4 members (excludes halogenated alkanes) is 2. The molecule has 0 N–H and O–H groups in total. The van der Waals surface area contributed by atoms with E-state index in [0.29, 0.717) is 18.6 Å². The summed E-state index contributed by atoms with van der Waals surface area (Å²) < 4.78 is 15.8. The first kappa shape index (κ1) is 29.9. The fourth-order valence-corrected chi connectivity index (χ4v) is 4.49. The minimum atomic E-state index is -0.335. The second kappa shape index (κ2) is 17.0. The number of ether oxygens (including phenoxy) is 3. The number of esters is 2. The summed E-state index contributed by atoms with van der Waals surface area (Å²) in [5.41, 5.74) is 4.23. The lowest BCUT2D eigenvalue weighted by atomic mass is 10.1. The Morgan fingerprint density at radius 2 is 1.44 bits per heavy atom. The highest BCUT2D eigenvalue weighted by atomic mass is 16.5. The average molecular weight is 532 g/mol. The van der Waals surface area contributed by atoms with Crippen molar-refractivity contribution in [2.75, 3.05) is 33.9 Å². The number of rotatable bonds is 17. The molecule has 3 aromatic rings. The molecule has 3 rings (SSSR count). The van der Waals surface area contributed by atoms with E-state index < -0.39 is 0 Å². The summed E-state index contributed by atoms with van der Waals surface area (Å²) >= 11 is 0. The van der Waals surface area contributed by atoms with Gasteiger partial charge in [-0.1, -0.05) is 60.7 Å². The number of carbonyl (C=O) groups excluding carboxylic acids is 2. The molecule has 0 radical (unpaired) electrons. The quantitative estimate of drug-likeness (QED) is 0.151. The van der Waals surface area contributed by atoms with E-state index in [0.717, 1.165) is 69.5 Å². The van der Waals surface area contributed by atoms with Crippen LogP contribution in [-0.4, -0.2) is 50.8 Å². The molecule has 0 amide bonds. The normalized spacial score (nSPS) is 10.8. The van der Waals surface area contributed by atoms with Gasteiger partial charge in [-0.3, -0.25) is 9.69 Å². The van der Waals surface area contributed by atoms with Crippen LogP contribution in [0.1, 0.15) is 59.2 Å². The Hall–Kier alpha value is -3.64. The summed E-state index contributed by atoms with van der Waals surface area (Å²) in [7, 11) is 2.81. The van der Waals surface area contributed by atoms with Crippen molar-refractivity contribution in [1.82, 2.24) is 4.90 Å². The number of para-hydroxylation sites is 1. The Labute approximate surface area is 232 Å².